The first-order valence-electron chi connectivity index (χ1n) is 5.47. The minimum Gasteiger partial charge on any atom is -0.312 e. The summed E-state index contributed by atoms with van der Waals surface area (Å²) in [5, 5.41) is 9.05. The predicted octanol–water partition coefficient (Wildman–Crippen LogP) is -0.454. The molecule has 0 spiro atoms. The zero-order valence-electron chi connectivity index (χ0n) is 9.19. The Labute approximate surface area is 93.1 Å². The molecule has 86 valence electrons. The van der Waals surface area contributed by atoms with E-state index in [1.165, 1.54) is 5.06 Å². The number of aromatic nitrogens is 2. The molecule has 0 fully saturated rings. The van der Waals surface area contributed by atoms with Crippen LogP contribution in [0.25, 0.3) is 0 Å². The van der Waals surface area contributed by atoms with Crippen LogP contribution >= 0.6 is 0 Å². The highest BCUT2D eigenvalue weighted by Gasteiger charge is 2.29. The molecule has 2 aliphatic rings. The van der Waals surface area contributed by atoms with Gasteiger partial charge in [0.05, 0.1) is 18.8 Å². The van der Waals surface area contributed by atoms with E-state index in [-0.39, 0.29) is 5.91 Å². The maximum Gasteiger partial charge on any atom is 0.295 e. The van der Waals surface area contributed by atoms with Crippen LogP contribution < -0.4 is 5.32 Å². The van der Waals surface area contributed by atoms with Gasteiger partial charge >= 0.3 is 0 Å². The second-order valence-electron chi connectivity index (χ2n) is 4.06. The van der Waals surface area contributed by atoms with Gasteiger partial charge in [-0.15, -0.1) is 0 Å². The maximum atomic E-state index is 12.1. The molecule has 16 heavy (non-hydrogen) atoms. The molecule has 1 aromatic heterocycles. The van der Waals surface area contributed by atoms with E-state index in [1.54, 1.807) is 11.7 Å². The second-order valence-corrected chi connectivity index (χ2v) is 4.06. The summed E-state index contributed by atoms with van der Waals surface area (Å²) in [4.78, 5) is 17.3. The minimum atomic E-state index is -0.102. The van der Waals surface area contributed by atoms with E-state index < -0.39 is 0 Å². The van der Waals surface area contributed by atoms with E-state index in [4.69, 9.17) is 4.84 Å². The Bertz CT molecular complexity index is 440. The van der Waals surface area contributed by atoms with Crippen molar-refractivity contribution < 1.29 is 9.63 Å². The van der Waals surface area contributed by atoms with Gasteiger partial charge in [-0.2, -0.15) is 5.10 Å². The summed E-state index contributed by atoms with van der Waals surface area (Å²) in [5.41, 5.74) is 2.77. The van der Waals surface area contributed by atoms with E-state index in [0.29, 0.717) is 18.8 Å². The van der Waals surface area contributed by atoms with Crippen LogP contribution in [0.2, 0.25) is 0 Å². The summed E-state index contributed by atoms with van der Waals surface area (Å²) in [5.74, 6) is -0.102. The number of fused-ring (bicyclic) bond motifs is 3. The average molecular weight is 222 g/mol. The Balaban J connectivity index is 2.12. The SMILES string of the molecule is CN1OCCn2nc3c(c2C1=O)CNCC3. The fraction of sp³-hybridized carbons (Fsp3) is 0.600. The van der Waals surface area contributed by atoms with Gasteiger partial charge in [-0.25, -0.2) is 5.06 Å². The molecule has 0 unspecified atom stereocenters. The van der Waals surface area contributed by atoms with Crippen LogP contribution in [0, 0.1) is 0 Å². The average Bonchev–Trinajstić information content (AvgIpc) is 2.59. The third-order valence-electron chi connectivity index (χ3n) is 3.05. The molecule has 0 aromatic carbocycles. The number of hydrogen-bond donors (Lipinski definition) is 1. The summed E-state index contributed by atoms with van der Waals surface area (Å²) < 4.78 is 1.78. The molecule has 2 aliphatic heterocycles. The topological polar surface area (TPSA) is 59.4 Å². The van der Waals surface area contributed by atoms with Crippen LogP contribution in [0.5, 0.6) is 0 Å². The van der Waals surface area contributed by atoms with Gasteiger partial charge in [0.25, 0.3) is 5.91 Å². The second kappa shape index (κ2) is 3.57. The first kappa shape index (κ1) is 9.80. The summed E-state index contributed by atoms with van der Waals surface area (Å²) in [6, 6.07) is 0. The van der Waals surface area contributed by atoms with Gasteiger partial charge in [-0.05, 0) is 0 Å². The summed E-state index contributed by atoms with van der Waals surface area (Å²) >= 11 is 0. The van der Waals surface area contributed by atoms with Crippen molar-refractivity contribution in [3.8, 4) is 0 Å². The van der Waals surface area contributed by atoms with Crippen molar-refractivity contribution in [3.63, 3.8) is 0 Å². The van der Waals surface area contributed by atoms with Gasteiger partial charge in [-0.1, -0.05) is 0 Å². The predicted molar refractivity (Wildman–Crippen MR) is 55.7 cm³/mol. The first-order valence-corrected chi connectivity index (χ1v) is 5.47. The largest absolute Gasteiger partial charge is 0.312 e. The Morgan fingerprint density at radius 2 is 2.38 bits per heavy atom. The number of carbonyl (C=O) groups excluding carboxylic acids is 1. The van der Waals surface area contributed by atoms with Crippen LogP contribution in [0.4, 0.5) is 0 Å². The number of carbonyl (C=O) groups is 1. The summed E-state index contributed by atoms with van der Waals surface area (Å²) in [7, 11) is 1.65. The molecule has 3 heterocycles. The molecule has 0 saturated heterocycles. The molecule has 0 saturated carbocycles. The van der Waals surface area contributed by atoms with Gasteiger partial charge in [0.15, 0.2) is 0 Å². The zero-order valence-corrected chi connectivity index (χ0v) is 9.19. The highest BCUT2D eigenvalue weighted by Crippen LogP contribution is 2.21. The number of rotatable bonds is 0. The van der Waals surface area contributed by atoms with E-state index >= 15 is 0 Å². The number of hydrogen-bond acceptors (Lipinski definition) is 4. The smallest absolute Gasteiger partial charge is 0.295 e. The Morgan fingerprint density at radius 3 is 3.25 bits per heavy atom. The number of nitrogens with zero attached hydrogens (tertiary/aromatic N) is 3. The molecule has 6 nitrogen and oxygen atoms in total. The standard InChI is InChI=1S/C10H14N4O2/c1-13-10(15)9-7-6-11-3-2-8(7)12-14(9)4-5-16-13/h11H,2-6H2,1H3. The van der Waals surface area contributed by atoms with Crippen molar-refractivity contribution in [2.45, 2.75) is 19.5 Å². The Hall–Kier alpha value is -1.40. The third-order valence-corrected chi connectivity index (χ3v) is 3.05. The molecule has 1 amide bonds. The van der Waals surface area contributed by atoms with E-state index in [1.807, 2.05) is 0 Å². The lowest BCUT2D eigenvalue weighted by molar-refractivity contribution is -0.103. The number of amides is 1. The summed E-state index contributed by atoms with van der Waals surface area (Å²) in [6.45, 7) is 2.79. The first-order chi connectivity index (χ1) is 7.77. The van der Waals surface area contributed by atoms with Crippen molar-refractivity contribution >= 4 is 5.91 Å². The normalized spacial score (nSPS) is 20.3. The molecule has 0 radical (unpaired) electrons. The fourth-order valence-corrected chi connectivity index (χ4v) is 2.23. The van der Waals surface area contributed by atoms with Crippen LogP contribution in [0.3, 0.4) is 0 Å². The van der Waals surface area contributed by atoms with Crippen molar-refractivity contribution in [2.75, 3.05) is 20.2 Å². The monoisotopic (exact) mass is 222 g/mol. The molecule has 1 N–H and O–H groups in total. The van der Waals surface area contributed by atoms with Crippen LogP contribution in [-0.2, 0) is 24.3 Å². The van der Waals surface area contributed by atoms with Gasteiger partial charge < -0.3 is 5.32 Å². The molecular formula is C10H14N4O2. The quantitative estimate of drug-likeness (QED) is 0.645. The van der Waals surface area contributed by atoms with Crippen molar-refractivity contribution in [1.29, 1.82) is 0 Å². The van der Waals surface area contributed by atoms with Gasteiger partial charge in [-0.3, -0.25) is 14.3 Å². The van der Waals surface area contributed by atoms with Crippen LogP contribution in [0.15, 0.2) is 0 Å². The summed E-state index contributed by atoms with van der Waals surface area (Å²) in [6.07, 6.45) is 0.896. The zero-order chi connectivity index (χ0) is 11.1. The molecule has 0 bridgehead atoms. The molecule has 0 atom stereocenters. The lowest BCUT2D eigenvalue weighted by Crippen LogP contribution is -2.29. The van der Waals surface area contributed by atoms with Gasteiger partial charge in [0.2, 0.25) is 0 Å². The lowest BCUT2D eigenvalue weighted by Gasteiger charge is -2.15. The minimum absolute atomic E-state index is 0.102. The maximum absolute atomic E-state index is 12.1. The van der Waals surface area contributed by atoms with E-state index in [0.717, 1.165) is 30.8 Å². The number of hydroxylamine groups is 2. The highest BCUT2D eigenvalue weighted by atomic mass is 16.7. The van der Waals surface area contributed by atoms with E-state index in [2.05, 4.69) is 10.4 Å². The molecule has 0 aliphatic carbocycles. The van der Waals surface area contributed by atoms with Crippen molar-refractivity contribution in [3.05, 3.63) is 17.0 Å². The molecule has 6 heteroatoms. The number of nitrogens with one attached hydrogen (secondary N) is 1. The Kier molecular flexibility index (Phi) is 2.19. The Morgan fingerprint density at radius 1 is 1.50 bits per heavy atom. The van der Waals surface area contributed by atoms with Gasteiger partial charge in [0, 0.05) is 32.1 Å². The fourth-order valence-electron chi connectivity index (χ4n) is 2.23. The molecule has 1 aromatic rings. The molecular weight excluding hydrogens is 208 g/mol. The third kappa shape index (κ3) is 1.34. The lowest BCUT2D eigenvalue weighted by atomic mass is 10.1. The van der Waals surface area contributed by atoms with Gasteiger partial charge in [0.1, 0.15) is 5.69 Å². The van der Waals surface area contributed by atoms with Crippen molar-refractivity contribution in [1.82, 2.24) is 20.2 Å². The van der Waals surface area contributed by atoms with Crippen LogP contribution in [0.1, 0.15) is 21.7 Å². The molecule has 3 rings (SSSR count). The van der Waals surface area contributed by atoms with Crippen molar-refractivity contribution in [2.24, 2.45) is 0 Å². The van der Waals surface area contributed by atoms with E-state index in [9.17, 15) is 4.79 Å². The highest BCUT2D eigenvalue weighted by molar-refractivity contribution is 5.93. The van der Waals surface area contributed by atoms with Crippen LogP contribution in [-0.4, -0.2) is 41.0 Å².